The summed E-state index contributed by atoms with van der Waals surface area (Å²) in [6, 6.07) is 14.5. The second-order valence-electron chi connectivity index (χ2n) is 8.07. The van der Waals surface area contributed by atoms with Crippen molar-refractivity contribution in [2.45, 2.75) is 38.2 Å². The van der Waals surface area contributed by atoms with Crippen LogP contribution in [0.5, 0.6) is 0 Å². The fraction of sp³-hybridized carbons (Fsp3) is 0.400. The molecule has 0 heterocycles. The number of carbonyl (C=O) groups is 3. The average molecular weight is 485 g/mol. The fourth-order valence-corrected chi connectivity index (χ4v) is 3.12. The van der Waals surface area contributed by atoms with Crippen LogP contribution in [-0.4, -0.2) is 61.4 Å². The highest BCUT2D eigenvalue weighted by Gasteiger charge is 2.15. The van der Waals surface area contributed by atoms with Crippen LogP contribution in [-0.2, 0) is 14.3 Å². The Morgan fingerprint density at radius 1 is 1.00 bits per heavy atom. The third kappa shape index (κ3) is 9.93. The molecule has 2 rings (SSSR count). The zero-order valence-electron chi connectivity index (χ0n) is 20.0. The Labute approximate surface area is 204 Å². The molecule has 188 valence electrons. The van der Waals surface area contributed by atoms with Gasteiger partial charge in [-0.15, -0.1) is 5.11 Å². The van der Waals surface area contributed by atoms with E-state index in [1.54, 1.807) is 24.3 Å². The number of benzene rings is 2. The third-order valence-electron chi connectivity index (χ3n) is 5.07. The monoisotopic (exact) mass is 484 g/mol. The number of hydrogen-bond acceptors (Lipinski definition) is 8. The van der Waals surface area contributed by atoms with Gasteiger partial charge in [-0.05, 0) is 55.7 Å². The van der Waals surface area contributed by atoms with Gasteiger partial charge in [-0.3, -0.25) is 14.4 Å². The van der Waals surface area contributed by atoms with E-state index in [4.69, 9.17) is 9.84 Å². The number of nitrogens with zero attached hydrogens (tertiary/aromatic N) is 3. The largest absolute Gasteiger partial charge is 0.481 e. The van der Waals surface area contributed by atoms with Crippen LogP contribution < -0.4 is 10.2 Å². The van der Waals surface area contributed by atoms with Gasteiger partial charge in [0, 0.05) is 26.3 Å². The molecule has 1 atom stereocenters. The third-order valence-corrected chi connectivity index (χ3v) is 5.07. The zero-order chi connectivity index (χ0) is 25.6. The second-order valence-corrected chi connectivity index (χ2v) is 8.07. The average Bonchev–Trinajstić information content (AvgIpc) is 2.85. The summed E-state index contributed by atoms with van der Waals surface area (Å²) in [7, 11) is 3.91. The summed E-state index contributed by atoms with van der Waals surface area (Å²) in [5.41, 5.74) is 2.58. The van der Waals surface area contributed by atoms with Gasteiger partial charge >= 0.3 is 11.9 Å². The number of aliphatic hydroxyl groups is 1. The van der Waals surface area contributed by atoms with Crippen LogP contribution in [0.2, 0.25) is 0 Å². The first-order valence-corrected chi connectivity index (χ1v) is 11.4. The van der Waals surface area contributed by atoms with Crippen molar-refractivity contribution in [3.63, 3.8) is 0 Å². The molecule has 0 saturated heterocycles. The van der Waals surface area contributed by atoms with E-state index in [0.29, 0.717) is 42.7 Å². The van der Waals surface area contributed by atoms with Gasteiger partial charge < -0.3 is 25.2 Å². The first-order chi connectivity index (χ1) is 16.8. The van der Waals surface area contributed by atoms with Gasteiger partial charge in [0.25, 0.3) is 5.91 Å². The van der Waals surface area contributed by atoms with Crippen LogP contribution in [0.1, 0.15) is 42.5 Å². The summed E-state index contributed by atoms with van der Waals surface area (Å²) >= 11 is 0. The Bertz CT molecular complexity index is 1010. The molecule has 0 aliphatic heterocycles. The van der Waals surface area contributed by atoms with Crippen molar-refractivity contribution in [2.24, 2.45) is 10.2 Å². The molecule has 1 unspecified atom stereocenters. The molecule has 0 radical (unpaired) electrons. The van der Waals surface area contributed by atoms with Crippen molar-refractivity contribution >= 4 is 34.9 Å². The van der Waals surface area contributed by atoms with Gasteiger partial charge in [-0.1, -0.05) is 12.1 Å². The first kappa shape index (κ1) is 27.5. The number of nitrogens with one attached hydrogen (secondary N) is 1. The van der Waals surface area contributed by atoms with E-state index in [1.807, 2.05) is 43.3 Å². The summed E-state index contributed by atoms with van der Waals surface area (Å²) in [6.07, 6.45) is 0.369. The molecule has 10 heteroatoms. The molecule has 3 N–H and O–H groups in total. The van der Waals surface area contributed by atoms with Crippen LogP contribution in [0.15, 0.2) is 58.8 Å². The predicted octanol–water partition coefficient (Wildman–Crippen LogP) is 3.84. The highest BCUT2D eigenvalue weighted by molar-refractivity contribution is 5.98. The number of hydrogen-bond donors (Lipinski definition) is 3. The molecule has 1 amide bonds. The van der Waals surface area contributed by atoms with E-state index in [-0.39, 0.29) is 25.4 Å². The van der Waals surface area contributed by atoms with Gasteiger partial charge in [-0.2, -0.15) is 5.11 Å². The maximum atomic E-state index is 12.6. The normalized spacial score (nSPS) is 11.7. The summed E-state index contributed by atoms with van der Waals surface area (Å²) in [6.45, 7) is 0.0445. The molecule has 2 aromatic rings. The number of azo groups is 1. The molecule has 0 fully saturated rings. The van der Waals surface area contributed by atoms with Crippen molar-refractivity contribution in [1.82, 2.24) is 5.32 Å². The smallest absolute Gasteiger partial charge is 0.306 e. The lowest BCUT2D eigenvalue weighted by Crippen LogP contribution is -2.25. The van der Waals surface area contributed by atoms with Gasteiger partial charge in [-0.25, -0.2) is 0 Å². The molecule has 0 bridgehead atoms. The van der Waals surface area contributed by atoms with Crippen molar-refractivity contribution < 1.29 is 29.3 Å². The molecule has 10 nitrogen and oxygen atoms in total. The van der Waals surface area contributed by atoms with Gasteiger partial charge in [0.15, 0.2) is 0 Å². The van der Waals surface area contributed by atoms with E-state index in [2.05, 4.69) is 15.5 Å². The Morgan fingerprint density at radius 2 is 1.71 bits per heavy atom. The summed E-state index contributed by atoms with van der Waals surface area (Å²) in [4.78, 5) is 36.7. The van der Waals surface area contributed by atoms with Crippen LogP contribution in [0, 0.1) is 0 Å². The zero-order valence-corrected chi connectivity index (χ0v) is 20.0. The topological polar surface area (TPSA) is 141 Å². The number of carboxylic acids is 1. The number of amides is 1. The highest BCUT2D eigenvalue weighted by Crippen LogP contribution is 2.24. The SMILES string of the molecule is CN(C)c1ccc(N=Nc2ccccc2C(=O)NCCCCC(CO)OC(=O)CCC(=O)O)cc1. The van der Waals surface area contributed by atoms with Crippen LogP contribution in [0.3, 0.4) is 0 Å². The molecular weight excluding hydrogens is 452 g/mol. The van der Waals surface area contributed by atoms with E-state index in [1.165, 1.54) is 0 Å². The molecular formula is C25H32N4O6. The second kappa shape index (κ2) is 14.5. The predicted molar refractivity (Wildman–Crippen MR) is 131 cm³/mol. The van der Waals surface area contributed by atoms with Gasteiger partial charge in [0.05, 0.1) is 36.4 Å². The molecule has 2 aromatic carbocycles. The van der Waals surface area contributed by atoms with E-state index in [9.17, 15) is 19.5 Å². The van der Waals surface area contributed by atoms with Crippen LogP contribution >= 0.6 is 0 Å². The summed E-state index contributed by atoms with van der Waals surface area (Å²) < 4.78 is 5.08. The lowest BCUT2D eigenvalue weighted by Gasteiger charge is -2.15. The molecule has 0 saturated carbocycles. The Morgan fingerprint density at radius 3 is 2.37 bits per heavy atom. The molecule has 0 aliphatic rings. The van der Waals surface area contributed by atoms with Crippen molar-refractivity contribution in [1.29, 1.82) is 0 Å². The molecule has 0 aliphatic carbocycles. The van der Waals surface area contributed by atoms with Crippen molar-refractivity contribution in [3.8, 4) is 0 Å². The minimum absolute atomic E-state index is 0.236. The maximum absolute atomic E-state index is 12.6. The quantitative estimate of drug-likeness (QED) is 0.210. The molecule has 0 aromatic heterocycles. The van der Waals surface area contributed by atoms with E-state index < -0.39 is 18.0 Å². The number of esters is 1. The Hall–Kier alpha value is -3.79. The standard InChI is InChI=1S/C25H32N4O6/c1-29(2)19-12-10-18(11-13-19)27-28-22-9-4-3-8-21(22)25(34)26-16-6-5-7-20(17-30)35-24(33)15-14-23(31)32/h3-4,8-13,20,30H,5-7,14-17H2,1-2H3,(H,26,34)(H,31,32). The molecule has 0 spiro atoms. The van der Waals surface area contributed by atoms with Crippen LogP contribution in [0.4, 0.5) is 17.1 Å². The lowest BCUT2D eigenvalue weighted by atomic mass is 10.1. The minimum atomic E-state index is -1.08. The first-order valence-electron chi connectivity index (χ1n) is 11.4. The Kier molecular flexibility index (Phi) is 11.3. The van der Waals surface area contributed by atoms with Gasteiger partial charge in [0.1, 0.15) is 6.10 Å². The van der Waals surface area contributed by atoms with Crippen molar-refractivity contribution in [2.75, 3.05) is 32.1 Å². The number of carbonyl (C=O) groups excluding carboxylic acids is 2. The Balaban J connectivity index is 1.81. The number of carboxylic acid groups (broad SMARTS) is 1. The molecule has 35 heavy (non-hydrogen) atoms. The van der Waals surface area contributed by atoms with Crippen molar-refractivity contribution in [3.05, 3.63) is 54.1 Å². The maximum Gasteiger partial charge on any atom is 0.306 e. The minimum Gasteiger partial charge on any atom is -0.481 e. The number of unbranched alkanes of at least 4 members (excludes halogenated alkanes) is 1. The summed E-state index contributed by atoms with van der Waals surface area (Å²) in [5.74, 6) is -2.01. The van der Waals surface area contributed by atoms with E-state index >= 15 is 0 Å². The lowest BCUT2D eigenvalue weighted by molar-refractivity contribution is -0.154. The summed E-state index contributed by atoms with van der Waals surface area (Å²) in [5, 5.41) is 29.3. The number of aliphatic carboxylic acids is 1. The number of anilines is 1. The number of rotatable bonds is 14. The number of ether oxygens (including phenoxy) is 1. The van der Waals surface area contributed by atoms with Gasteiger partial charge in [0.2, 0.25) is 0 Å². The van der Waals surface area contributed by atoms with E-state index in [0.717, 1.165) is 5.69 Å². The highest BCUT2D eigenvalue weighted by atomic mass is 16.6. The van der Waals surface area contributed by atoms with Crippen LogP contribution in [0.25, 0.3) is 0 Å². The number of aliphatic hydroxyl groups excluding tert-OH is 1. The fourth-order valence-electron chi connectivity index (χ4n) is 3.12.